The Hall–Kier alpha value is -3.81. The number of hydrazone groups is 1. The van der Waals surface area contributed by atoms with Crippen LogP contribution in [0.4, 0.5) is 11.6 Å². The summed E-state index contributed by atoms with van der Waals surface area (Å²) in [6, 6.07) is 15.8. The summed E-state index contributed by atoms with van der Waals surface area (Å²) >= 11 is 0. The molecule has 0 aliphatic carbocycles. The molecule has 8 nitrogen and oxygen atoms in total. The van der Waals surface area contributed by atoms with E-state index in [0.29, 0.717) is 37.1 Å². The van der Waals surface area contributed by atoms with Crippen LogP contribution in [-0.4, -0.2) is 50.1 Å². The smallest absolute Gasteiger partial charge is 0.161 e. The molecule has 204 valence electrons. The van der Waals surface area contributed by atoms with Gasteiger partial charge >= 0.3 is 0 Å². The van der Waals surface area contributed by atoms with Crippen LogP contribution in [0, 0.1) is 0 Å². The van der Waals surface area contributed by atoms with Crippen molar-refractivity contribution in [3.8, 4) is 17.2 Å². The lowest BCUT2D eigenvalue weighted by Gasteiger charge is -2.19. The van der Waals surface area contributed by atoms with Crippen molar-refractivity contribution in [2.75, 3.05) is 44.2 Å². The first-order valence-electron chi connectivity index (χ1n) is 13.0. The third-order valence-electron chi connectivity index (χ3n) is 5.69. The van der Waals surface area contributed by atoms with Crippen molar-refractivity contribution >= 4 is 17.9 Å². The lowest BCUT2D eigenvalue weighted by Crippen LogP contribution is -2.13. The molecule has 0 spiro atoms. The van der Waals surface area contributed by atoms with Crippen LogP contribution in [0.15, 0.2) is 53.6 Å². The van der Waals surface area contributed by atoms with Gasteiger partial charge in [-0.05, 0) is 53.8 Å². The molecular weight excluding hydrogens is 478 g/mol. The Morgan fingerprint density at radius 3 is 2.26 bits per heavy atom. The quantitative estimate of drug-likeness (QED) is 0.172. The molecule has 0 aliphatic heterocycles. The van der Waals surface area contributed by atoms with Crippen LogP contribution in [0.2, 0.25) is 0 Å². The van der Waals surface area contributed by atoms with Gasteiger partial charge in [0.05, 0.1) is 12.8 Å². The van der Waals surface area contributed by atoms with Crippen molar-refractivity contribution in [3.63, 3.8) is 0 Å². The van der Waals surface area contributed by atoms with Gasteiger partial charge in [-0.15, -0.1) is 0 Å². The number of hydrogen-bond donors (Lipinski definition) is 1. The summed E-state index contributed by atoms with van der Waals surface area (Å²) in [4.78, 5) is 11.1. The number of aromatic nitrogens is 2. The Labute approximate surface area is 227 Å². The van der Waals surface area contributed by atoms with Crippen LogP contribution in [-0.2, 0) is 5.41 Å². The number of ether oxygens (including phenoxy) is 3. The molecule has 0 fully saturated rings. The number of nitrogens with one attached hydrogen (secondary N) is 1. The first-order valence-corrected chi connectivity index (χ1v) is 13.0. The molecule has 2 aromatic carbocycles. The van der Waals surface area contributed by atoms with Gasteiger partial charge in [0.1, 0.15) is 30.6 Å². The average Bonchev–Trinajstić information content (AvgIpc) is 2.87. The molecule has 3 aromatic rings. The van der Waals surface area contributed by atoms with Crippen molar-refractivity contribution in [2.24, 2.45) is 5.10 Å². The van der Waals surface area contributed by atoms with Gasteiger partial charge < -0.3 is 19.1 Å². The molecular formula is C30H41N5O3. The molecule has 0 amide bonds. The Bertz CT molecular complexity index is 1180. The topological polar surface area (TPSA) is 81.1 Å². The molecule has 38 heavy (non-hydrogen) atoms. The van der Waals surface area contributed by atoms with E-state index in [-0.39, 0.29) is 11.3 Å². The van der Waals surface area contributed by atoms with Crippen molar-refractivity contribution in [2.45, 2.75) is 52.9 Å². The van der Waals surface area contributed by atoms with Gasteiger partial charge in [-0.25, -0.2) is 9.97 Å². The minimum atomic E-state index is 0.118. The number of anilines is 2. The van der Waals surface area contributed by atoms with E-state index in [1.54, 1.807) is 6.21 Å². The Balaban J connectivity index is 1.59. The van der Waals surface area contributed by atoms with Crippen LogP contribution < -0.4 is 24.5 Å². The number of hydrogen-bond acceptors (Lipinski definition) is 8. The minimum Gasteiger partial charge on any atom is -0.490 e. The molecule has 0 saturated carbocycles. The maximum absolute atomic E-state index is 5.96. The number of rotatable bonds is 12. The standard InChI is InChI=1S/C30H41N5O3/c1-9-36-26-18-22(20-31-34-27-19-28(35(7)8)33-29(32-27)21(2)3)10-15-25(26)38-17-16-37-24-13-11-23(12-14-24)30(4,5)6/h10-15,18-21H,9,16-17H2,1-8H3,(H,32,33,34)/b31-20+. The normalized spacial score (nSPS) is 11.6. The van der Waals surface area contributed by atoms with E-state index in [1.807, 2.05) is 62.3 Å². The Morgan fingerprint density at radius 2 is 1.63 bits per heavy atom. The zero-order chi connectivity index (χ0) is 27.7. The number of benzene rings is 2. The lowest BCUT2D eigenvalue weighted by molar-refractivity contribution is 0.208. The summed E-state index contributed by atoms with van der Waals surface area (Å²) < 4.78 is 17.6. The van der Waals surface area contributed by atoms with Crippen LogP contribution in [0.3, 0.4) is 0 Å². The van der Waals surface area contributed by atoms with Crippen LogP contribution in [0.5, 0.6) is 17.2 Å². The highest BCUT2D eigenvalue weighted by Gasteiger charge is 2.13. The van der Waals surface area contributed by atoms with Gasteiger partial charge in [0.15, 0.2) is 17.3 Å². The fourth-order valence-electron chi connectivity index (χ4n) is 3.52. The van der Waals surface area contributed by atoms with E-state index in [9.17, 15) is 0 Å². The molecule has 1 heterocycles. The molecule has 0 radical (unpaired) electrons. The summed E-state index contributed by atoms with van der Waals surface area (Å²) in [6.45, 7) is 14.0. The molecule has 1 aromatic heterocycles. The van der Waals surface area contributed by atoms with E-state index in [2.05, 4.69) is 67.2 Å². The zero-order valence-corrected chi connectivity index (χ0v) is 23.9. The monoisotopic (exact) mass is 519 g/mol. The van der Waals surface area contributed by atoms with E-state index in [0.717, 1.165) is 23.0 Å². The molecule has 0 unspecified atom stereocenters. The first kappa shape index (κ1) is 28.8. The zero-order valence-electron chi connectivity index (χ0n) is 23.9. The molecule has 8 heteroatoms. The van der Waals surface area contributed by atoms with E-state index in [1.165, 1.54) is 5.56 Å². The first-order chi connectivity index (χ1) is 18.1. The molecule has 1 N–H and O–H groups in total. The molecule has 0 saturated heterocycles. The van der Waals surface area contributed by atoms with Gasteiger partial charge in [-0.2, -0.15) is 5.10 Å². The maximum atomic E-state index is 5.96. The molecule has 0 aliphatic rings. The number of nitrogens with zero attached hydrogens (tertiary/aromatic N) is 4. The van der Waals surface area contributed by atoms with Gasteiger partial charge in [-0.1, -0.05) is 46.8 Å². The summed E-state index contributed by atoms with van der Waals surface area (Å²) in [6.07, 6.45) is 1.73. The summed E-state index contributed by atoms with van der Waals surface area (Å²) in [5, 5.41) is 4.37. The van der Waals surface area contributed by atoms with Crippen molar-refractivity contribution in [3.05, 3.63) is 65.5 Å². The predicted octanol–water partition coefficient (Wildman–Crippen LogP) is 6.27. The second kappa shape index (κ2) is 13.1. The summed E-state index contributed by atoms with van der Waals surface area (Å²) in [5.41, 5.74) is 5.28. The SMILES string of the molecule is CCOc1cc(/C=N/Nc2cc(N(C)C)nc(C(C)C)n2)ccc1OCCOc1ccc(C(C)(C)C)cc1. The highest BCUT2D eigenvalue weighted by molar-refractivity contribution is 5.81. The molecule has 0 atom stereocenters. The maximum Gasteiger partial charge on any atom is 0.161 e. The van der Waals surface area contributed by atoms with Gasteiger partial charge in [-0.3, -0.25) is 5.43 Å². The van der Waals surface area contributed by atoms with E-state index >= 15 is 0 Å². The van der Waals surface area contributed by atoms with Gasteiger partial charge in [0.2, 0.25) is 0 Å². The second-order valence-electron chi connectivity index (χ2n) is 10.5. The van der Waals surface area contributed by atoms with Crippen molar-refractivity contribution in [1.29, 1.82) is 0 Å². The fourth-order valence-corrected chi connectivity index (χ4v) is 3.52. The van der Waals surface area contributed by atoms with Gasteiger partial charge in [0.25, 0.3) is 0 Å². The largest absolute Gasteiger partial charge is 0.490 e. The summed E-state index contributed by atoms with van der Waals surface area (Å²) in [5.74, 6) is 4.59. The lowest BCUT2D eigenvalue weighted by atomic mass is 9.87. The minimum absolute atomic E-state index is 0.118. The van der Waals surface area contributed by atoms with Crippen LogP contribution in [0.1, 0.15) is 64.4 Å². The van der Waals surface area contributed by atoms with Crippen molar-refractivity contribution in [1.82, 2.24) is 9.97 Å². The third kappa shape index (κ3) is 8.36. The fraction of sp³-hybridized carbons (Fsp3) is 0.433. The average molecular weight is 520 g/mol. The third-order valence-corrected chi connectivity index (χ3v) is 5.69. The summed E-state index contributed by atoms with van der Waals surface area (Å²) in [7, 11) is 3.91. The van der Waals surface area contributed by atoms with Gasteiger partial charge in [0, 0.05) is 26.1 Å². The Kier molecular flexibility index (Phi) is 9.93. The second-order valence-corrected chi connectivity index (χ2v) is 10.5. The van der Waals surface area contributed by atoms with Crippen LogP contribution in [0.25, 0.3) is 0 Å². The predicted molar refractivity (Wildman–Crippen MR) is 155 cm³/mol. The Morgan fingerprint density at radius 1 is 0.921 bits per heavy atom. The molecule has 3 rings (SSSR count). The van der Waals surface area contributed by atoms with Crippen LogP contribution >= 0.6 is 0 Å². The van der Waals surface area contributed by atoms with E-state index in [4.69, 9.17) is 14.2 Å². The van der Waals surface area contributed by atoms with E-state index < -0.39 is 0 Å². The van der Waals surface area contributed by atoms with Crippen molar-refractivity contribution < 1.29 is 14.2 Å². The molecule has 0 bridgehead atoms. The highest BCUT2D eigenvalue weighted by Crippen LogP contribution is 2.28. The highest BCUT2D eigenvalue weighted by atomic mass is 16.5.